The van der Waals surface area contributed by atoms with Gasteiger partial charge in [0.1, 0.15) is 5.75 Å². The van der Waals surface area contributed by atoms with Gasteiger partial charge in [0.05, 0.1) is 19.3 Å². The first kappa shape index (κ1) is 13.4. The molecule has 1 aliphatic carbocycles. The normalized spacial score (nSPS) is 17.9. The maximum atomic E-state index is 5.75. The molecule has 0 heterocycles. The summed E-state index contributed by atoms with van der Waals surface area (Å²) in [4.78, 5) is 5.75. The van der Waals surface area contributed by atoms with E-state index in [1.165, 1.54) is 31.2 Å². The number of hydrogen-bond acceptors (Lipinski definition) is 3. The van der Waals surface area contributed by atoms with Gasteiger partial charge in [0.15, 0.2) is 0 Å². The summed E-state index contributed by atoms with van der Waals surface area (Å²) in [6, 6.07) is 6.36. The molecule has 0 aromatic heterocycles. The van der Waals surface area contributed by atoms with Crippen LogP contribution >= 0.6 is 0 Å². The van der Waals surface area contributed by atoms with Gasteiger partial charge in [-0.25, -0.2) is 0 Å². The summed E-state index contributed by atoms with van der Waals surface area (Å²) in [7, 11) is 1.71. The van der Waals surface area contributed by atoms with Gasteiger partial charge in [-0.05, 0) is 32.8 Å². The van der Waals surface area contributed by atoms with E-state index >= 15 is 0 Å². The zero-order valence-electron chi connectivity index (χ0n) is 11.5. The third-order valence-electron chi connectivity index (χ3n) is 3.57. The Hall–Kier alpha value is -1.06. The van der Waals surface area contributed by atoms with E-state index in [1.807, 2.05) is 6.07 Å². The maximum Gasteiger partial charge on any atom is 0.123 e. The Balaban J connectivity index is 1.98. The summed E-state index contributed by atoms with van der Waals surface area (Å²) in [5, 5.41) is 0. The van der Waals surface area contributed by atoms with Crippen LogP contribution in [-0.4, -0.2) is 13.2 Å². The molecule has 3 nitrogen and oxygen atoms in total. The molecule has 2 rings (SSSR count). The first-order valence-electron chi connectivity index (χ1n) is 6.76. The number of benzene rings is 1. The van der Waals surface area contributed by atoms with Gasteiger partial charge in [-0.2, -0.15) is 5.48 Å². The minimum absolute atomic E-state index is 0.139. The van der Waals surface area contributed by atoms with Crippen LogP contribution in [0.4, 0.5) is 0 Å². The lowest BCUT2D eigenvalue weighted by Gasteiger charge is -2.20. The van der Waals surface area contributed by atoms with Crippen molar-refractivity contribution >= 4 is 0 Å². The smallest absolute Gasteiger partial charge is 0.123 e. The topological polar surface area (TPSA) is 30.5 Å². The van der Waals surface area contributed by atoms with E-state index in [-0.39, 0.29) is 6.04 Å². The molecule has 0 spiro atoms. The molecular weight excluding hydrogens is 226 g/mol. The van der Waals surface area contributed by atoms with Crippen molar-refractivity contribution in [3.05, 3.63) is 29.3 Å². The number of hydroxylamine groups is 1. The molecule has 0 bridgehead atoms. The molecule has 1 aliphatic rings. The van der Waals surface area contributed by atoms with Gasteiger partial charge >= 0.3 is 0 Å². The third kappa shape index (κ3) is 3.24. The molecule has 0 saturated heterocycles. The van der Waals surface area contributed by atoms with Crippen LogP contribution in [0, 0.1) is 6.92 Å². The molecule has 1 saturated carbocycles. The zero-order chi connectivity index (χ0) is 13.0. The molecule has 1 atom stereocenters. The van der Waals surface area contributed by atoms with Crippen LogP contribution in [0.5, 0.6) is 5.75 Å². The van der Waals surface area contributed by atoms with Crippen molar-refractivity contribution in [2.75, 3.05) is 7.11 Å². The summed E-state index contributed by atoms with van der Waals surface area (Å²) in [6.45, 7) is 4.19. The lowest BCUT2D eigenvalue weighted by Crippen LogP contribution is -2.25. The Morgan fingerprint density at radius 3 is 2.67 bits per heavy atom. The van der Waals surface area contributed by atoms with Crippen molar-refractivity contribution in [2.45, 2.75) is 51.7 Å². The second-order valence-electron chi connectivity index (χ2n) is 5.11. The van der Waals surface area contributed by atoms with Gasteiger partial charge in [-0.15, -0.1) is 0 Å². The Bertz CT molecular complexity index is 386. The molecule has 1 aromatic carbocycles. The predicted molar refractivity (Wildman–Crippen MR) is 72.6 cm³/mol. The number of nitrogens with one attached hydrogen (secondary N) is 1. The van der Waals surface area contributed by atoms with Gasteiger partial charge in [0.25, 0.3) is 0 Å². The lowest BCUT2D eigenvalue weighted by atomic mass is 10.1. The van der Waals surface area contributed by atoms with Crippen molar-refractivity contribution < 1.29 is 9.57 Å². The molecule has 1 N–H and O–H groups in total. The highest BCUT2D eigenvalue weighted by Crippen LogP contribution is 2.27. The van der Waals surface area contributed by atoms with Crippen LogP contribution in [0.2, 0.25) is 0 Å². The molecule has 0 radical (unpaired) electrons. The molecular formula is C15H23NO2. The van der Waals surface area contributed by atoms with E-state index in [2.05, 4.69) is 31.5 Å². The zero-order valence-corrected chi connectivity index (χ0v) is 11.5. The van der Waals surface area contributed by atoms with E-state index < -0.39 is 0 Å². The molecule has 0 aliphatic heterocycles. The summed E-state index contributed by atoms with van der Waals surface area (Å²) < 4.78 is 5.40. The average molecular weight is 249 g/mol. The van der Waals surface area contributed by atoms with Crippen molar-refractivity contribution in [1.29, 1.82) is 0 Å². The summed E-state index contributed by atoms with van der Waals surface area (Å²) in [6.07, 6.45) is 5.29. The summed E-state index contributed by atoms with van der Waals surface area (Å²) in [5.41, 5.74) is 5.55. The van der Waals surface area contributed by atoms with Gasteiger partial charge in [-0.3, -0.25) is 4.84 Å². The standard InChI is InChI=1S/C15H23NO2/c1-11-8-9-15(17-3)14(10-11)12(2)16-18-13-6-4-5-7-13/h8-10,12-13,16H,4-7H2,1-3H3. The SMILES string of the molecule is COc1ccc(C)cc1C(C)NOC1CCCC1. The molecule has 0 amide bonds. The Morgan fingerprint density at radius 2 is 2.00 bits per heavy atom. The van der Waals surface area contributed by atoms with Crippen LogP contribution in [0.25, 0.3) is 0 Å². The van der Waals surface area contributed by atoms with E-state index in [4.69, 9.17) is 9.57 Å². The highest BCUT2D eigenvalue weighted by molar-refractivity contribution is 5.38. The van der Waals surface area contributed by atoms with E-state index in [9.17, 15) is 0 Å². The minimum atomic E-state index is 0.139. The lowest BCUT2D eigenvalue weighted by molar-refractivity contribution is -0.0379. The molecule has 1 aromatic rings. The summed E-state index contributed by atoms with van der Waals surface area (Å²) in [5.74, 6) is 0.913. The first-order chi connectivity index (χ1) is 8.70. The Morgan fingerprint density at radius 1 is 1.28 bits per heavy atom. The van der Waals surface area contributed by atoms with Crippen LogP contribution < -0.4 is 10.2 Å². The Kier molecular flexibility index (Phi) is 4.61. The fourth-order valence-electron chi connectivity index (χ4n) is 2.46. The molecule has 3 heteroatoms. The quantitative estimate of drug-likeness (QED) is 0.810. The van der Waals surface area contributed by atoms with Gasteiger partial charge < -0.3 is 4.74 Å². The first-order valence-corrected chi connectivity index (χ1v) is 6.76. The van der Waals surface area contributed by atoms with Crippen LogP contribution in [0.3, 0.4) is 0 Å². The van der Waals surface area contributed by atoms with E-state index in [1.54, 1.807) is 7.11 Å². The van der Waals surface area contributed by atoms with Crippen molar-refractivity contribution in [3.8, 4) is 5.75 Å². The third-order valence-corrected chi connectivity index (χ3v) is 3.57. The molecule has 1 fully saturated rings. The average Bonchev–Trinajstić information content (AvgIpc) is 2.89. The highest BCUT2D eigenvalue weighted by atomic mass is 16.7. The molecule has 18 heavy (non-hydrogen) atoms. The number of rotatable bonds is 5. The van der Waals surface area contributed by atoms with Crippen LogP contribution in [0.1, 0.15) is 49.8 Å². The highest BCUT2D eigenvalue weighted by Gasteiger charge is 2.18. The fourth-order valence-corrected chi connectivity index (χ4v) is 2.46. The summed E-state index contributed by atoms with van der Waals surface area (Å²) >= 11 is 0. The largest absolute Gasteiger partial charge is 0.496 e. The van der Waals surface area contributed by atoms with Crippen LogP contribution in [-0.2, 0) is 4.84 Å². The van der Waals surface area contributed by atoms with Crippen LogP contribution in [0.15, 0.2) is 18.2 Å². The second-order valence-corrected chi connectivity index (χ2v) is 5.11. The number of ether oxygens (including phenoxy) is 1. The predicted octanol–water partition coefficient (Wildman–Crippen LogP) is 3.53. The van der Waals surface area contributed by atoms with Crippen molar-refractivity contribution in [2.24, 2.45) is 0 Å². The molecule has 1 unspecified atom stereocenters. The van der Waals surface area contributed by atoms with Gasteiger partial charge in [0.2, 0.25) is 0 Å². The fraction of sp³-hybridized carbons (Fsp3) is 0.600. The Labute approximate surface area is 109 Å². The second kappa shape index (κ2) is 6.21. The van der Waals surface area contributed by atoms with Gasteiger partial charge in [-0.1, -0.05) is 30.5 Å². The van der Waals surface area contributed by atoms with Gasteiger partial charge in [0, 0.05) is 5.56 Å². The molecule has 100 valence electrons. The maximum absolute atomic E-state index is 5.75. The van der Waals surface area contributed by atoms with Crippen molar-refractivity contribution in [1.82, 2.24) is 5.48 Å². The number of aryl methyl sites for hydroxylation is 1. The minimum Gasteiger partial charge on any atom is -0.496 e. The van der Waals surface area contributed by atoms with Crippen molar-refractivity contribution in [3.63, 3.8) is 0 Å². The number of hydrogen-bond donors (Lipinski definition) is 1. The monoisotopic (exact) mass is 249 g/mol. The van der Waals surface area contributed by atoms with E-state index in [0.29, 0.717) is 6.10 Å². The number of methoxy groups -OCH3 is 1. The van der Waals surface area contributed by atoms with E-state index in [0.717, 1.165) is 11.3 Å².